The van der Waals surface area contributed by atoms with E-state index in [4.69, 9.17) is 4.98 Å². The van der Waals surface area contributed by atoms with Crippen LogP contribution < -0.4 is 5.43 Å². The van der Waals surface area contributed by atoms with Gasteiger partial charge in [0.15, 0.2) is 0 Å². The van der Waals surface area contributed by atoms with E-state index in [0.717, 1.165) is 28.6 Å². The number of amides is 1. The number of carbonyl (C=O) groups excluding carboxylic acids is 1. The molecule has 0 unspecified atom stereocenters. The summed E-state index contributed by atoms with van der Waals surface area (Å²) in [6.45, 7) is 2.06. The molecular weight excluding hydrogens is 358 g/mol. The van der Waals surface area contributed by atoms with Crippen molar-refractivity contribution in [2.24, 2.45) is 22.9 Å². The van der Waals surface area contributed by atoms with Gasteiger partial charge in [-0.25, -0.2) is 10.4 Å². The van der Waals surface area contributed by atoms with Gasteiger partial charge in [-0.05, 0) is 43.7 Å². The predicted molar refractivity (Wildman–Crippen MR) is 117 cm³/mol. The Hall–Kier alpha value is -3.27. The van der Waals surface area contributed by atoms with Crippen molar-refractivity contribution in [2.75, 3.05) is 0 Å². The molecule has 2 aliphatic carbocycles. The van der Waals surface area contributed by atoms with Crippen LogP contribution in [0.15, 0.2) is 71.9 Å². The molecule has 1 heterocycles. The van der Waals surface area contributed by atoms with Crippen molar-refractivity contribution >= 4 is 23.0 Å². The van der Waals surface area contributed by atoms with E-state index < -0.39 is 0 Å². The Morgan fingerprint density at radius 1 is 1.10 bits per heavy atom. The quantitative estimate of drug-likeness (QED) is 0.387. The summed E-state index contributed by atoms with van der Waals surface area (Å²) in [6.07, 6.45) is 8.87. The smallest absolute Gasteiger partial charge is 0.267 e. The molecule has 4 nitrogen and oxygen atoms in total. The highest BCUT2D eigenvalue weighted by molar-refractivity contribution is 6.07. The first-order chi connectivity index (χ1) is 14.2. The van der Waals surface area contributed by atoms with Crippen LogP contribution in [0.1, 0.15) is 28.8 Å². The van der Waals surface area contributed by atoms with Gasteiger partial charge in [-0.15, -0.1) is 0 Å². The summed E-state index contributed by atoms with van der Waals surface area (Å²) in [7, 11) is 0. The number of hydrogen-bond donors (Lipinski definition) is 1. The Balaban J connectivity index is 1.44. The van der Waals surface area contributed by atoms with Crippen LogP contribution in [0.5, 0.6) is 0 Å². The molecule has 0 aliphatic heterocycles. The summed E-state index contributed by atoms with van der Waals surface area (Å²) in [6, 6.07) is 17.8. The van der Waals surface area contributed by atoms with Crippen molar-refractivity contribution in [3.63, 3.8) is 0 Å². The van der Waals surface area contributed by atoms with Crippen LogP contribution in [0.3, 0.4) is 0 Å². The number of nitrogens with one attached hydrogen (secondary N) is 1. The van der Waals surface area contributed by atoms with Gasteiger partial charge in [-0.3, -0.25) is 4.79 Å². The Morgan fingerprint density at radius 2 is 1.93 bits per heavy atom. The summed E-state index contributed by atoms with van der Waals surface area (Å²) in [5, 5.41) is 5.12. The molecule has 1 aromatic heterocycles. The molecule has 3 atom stereocenters. The van der Waals surface area contributed by atoms with Crippen molar-refractivity contribution in [3.8, 4) is 11.3 Å². The maximum Gasteiger partial charge on any atom is 0.272 e. The molecule has 1 amide bonds. The molecule has 2 aliphatic rings. The number of aryl methyl sites for hydroxylation is 1. The monoisotopic (exact) mass is 381 g/mol. The van der Waals surface area contributed by atoms with E-state index in [0.29, 0.717) is 23.3 Å². The third-order valence-corrected chi connectivity index (χ3v) is 6.07. The minimum Gasteiger partial charge on any atom is -0.267 e. The molecular formula is C25H23N3O. The molecule has 1 fully saturated rings. The van der Waals surface area contributed by atoms with Crippen molar-refractivity contribution in [1.82, 2.24) is 10.4 Å². The fraction of sp³-hybridized carbons (Fsp3) is 0.240. The first kappa shape index (κ1) is 17.8. The Kier molecular flexibility index (Phi) is 4.47. The SMILES string of the molecule is Cc1ccc(-c2cc(C(=O)N/N=C\[C@@H]3C[C@@H]4C=C[C@H]3C4)c3ccccc3n2)cc1. The van der Waals surface area contributed by atoms with Gasteiger partial charge in [0.05, 0.1) is 16.8 Å². The van der Waals surface area contributed by atoms with Crippen LogP contribution in [-0.4, -0.2) is 17.1 Å². The molecule has 5 rings (SSSR count). The summed E-state index contributed by atoms with van der Waals surface area (Å²) in [5.74, 6) is 1.50. The number of pyridine rings is 1. The average molecular weight is 381 g/mol. The van der Waals surface area contributed by atoms with E-state index >= 15 is 0 Å². The van der Waals surface area contributed by atoms with Crippen LogP contribution in [0.2, 0.25) is 0 Å². The Bertz CT molecular complexity index is 1130. The van der Waals surface area contributed by atoms with Crippen molar-refractivity contribution in [1.29, 1.82) is 0 Å². The van der Waals surface area contributed by atoms with Gasteiger partial charge in [-0.2, -0.15) is 5.10 Å². The lowest BCUT2D eigenvalue weighted by molar-refractivity contribution is 0.0956. The van der Waals surface area contributed by atoms with Crippen LogP contribution >= 0.6 is 0 Å². The molecule has 1 N–H and O–H groups in total. The van der Waals surface area contributed by atoms with Crippen LogP contribution in [0.25, 0.3) is 22.2 Å². The molecule has 0 radical (unpaired) electrons. The number of para-hydroxylation sites is 1. The average Bonchev–Trinajstić information content (AvgIpc) is 3.37. The normalized spacial score (nSPS) is 22.6. The number of fused-ring (bicyclic) bond motifs is 3. The Morgan fingerprint density at radius 3 is 2.69 bits per heavy atom. The number of carbonyl (C=O) groups is 1. The summed E-state index contributed by atoms with van der Waals surface area (Å²) < 4.78 is 0. The number of benzene rings is 2. The maximum atomic E-state index is 13.0. The van der Waals surface area contributed by atoms with E-state index in [9.17, 15) is 4.79 Å². The van der Waals surface area contributed by atoms with Gasteiger partial charge in [0, 0.05) is 23.1 Å². The molecule has 2 aromatic carbocycles. The zero-order chi connectivity index (χ0) is 19.8. The fourth-order valence-corrected chi connectivity index (χ4v) is 4.48. The van der Waals surface area contributed by atoms with Crippen molar-refractivity contribution in [2.45, 2.75) is 19.8 Å². The molecule has 144 valence electrons. The molecule has 4 heteroatoms. The second-order valence-corrected chi connectivity index (χ2v) is 8.10. The van der Waals surface area contributed by atoms with Gasteiger partial charge in [0.25, 0.3) is 5.91 Å². The highest BCUT2D eigenvalue weighted by Gasteiger charge is 2.34. The van der Waals surface area contributed by atoms with E-state index in [-0.39, 0.29) is 5.91 Å². The van der Waals surface area contributed by atoms with E-state index in [1.54, 1.807) is 0 Å². The number of allylic oxidation sites excluding steroid dienone is 2. The lowest BCUT2D eigenvalue weighted by Gasteiger charge is -2.12. The number of hydrogen-bond acceptors (Lipinski definition) is 3. The third-order valence-electron chi connectivity index (χ3n) is 6.07. The van der Waals surface area contributed by atoms with Gasteiger partial charge in [0.1, 0.15) is 0 Å². The minimum absolute atomic E-state index is 0.202. The van der Waals surface area contributed by atoms with Gasteiger partial charge in [0.2, 0.25) is 0 Å². The molecule has 2 bridgehead atoms. The van der Waals surface area contributed by atoms with Crippen molar-refractivity contribution in [3.05, 3.63) is 77.9 Å². The van der Waals surface area contributed by atoms with Crippen molar-refractivity contribution < 1.29 is 4.79 Å². The highest BCUT2D eigenvalue weighted by atomic mass is 16.2. The number of nitrogens with zero attached hydrogens (tertiary/aromatic N) is 2. The first-order valence-electron chi connectivity index (χ1n) is 10.2. The van der Waals surface area contributed by atoms with Gasteiger partial charge in [-0.1, -0.05) is 60.2 Å². The van der Waals surface area contributed by atoms with E-state index in [1.165, 1.54) is 12.0 Å². The van der Waals surface area contributed by atoms with Crippen LogP contribution in [0, 0.1) is 24.7 Å². The third kappa shape index (κ3) is 3.46. The van der Waals surface area contributed by atoms with Crippen LogP contribution in [-0.2, 0) is 0 Å². The standard InChI is InChI=1S/C25H23N3O/c1-16-6-9-18(10-7-16)24-14-22(21-4-2-3-5-23(21)27-24)25(29)28-26-15-20-13-17-8-11-19(20)12-17/h2-11,14-15,17,19-20H,12-13H2,1H3,(H,28,29)/b26-15-/t17-,19+,20+/m1/s1. The molecule has 29 heavy (non-hydrogen) atoms. The predicted octanol–water partition coefficient (Wildman–Crippen LogP) is 5.14. The lowest BCUT2D eigenvalue weighted by Crippen LogP contribution is -2.20. The zero-order valence-electron chi connectivity index (χ0n) is 16.4. The number of hydrazone groups is 1. The van der Waals surface area contributed by atoms with E-state index in [2.05, 4.69) is 41.7 Å². The second-order valence-electron chi connectivity index (χ2n) is 8.10. The molecule has 3 aromatic rings. The largest absolute Gasteiger partial charge is 0.272 e. The summed E-state index contributed by atoms with van der Waals surface area (Å²) >= 11 is 0. The molecule has 1 saturated carbocycles. The lowest BCUT2D eigenvalue weighted by atomic mass is 9.95. The summed E-state index contributed by atoms with van der Waals surface area (Å²) in [4.78, 5) is 17.7. The maximum absolute atomic E-state index is 13.0. The van der Waals surface area contributed by atoms with Gasteiger partial charge >= 0.3 is 0 Å². The number of rotatable bonds is 4. The zero-order valence-corrected chi connectivity index (χ0v) is 16.4. The molecule has 0 spiro atoms. The Labute approximate surface area is 170 Å². The topological polar surface area (TPSA) is 54.4 Å². The summed E-state index contributed by atoms with van der Waals surface area (Å²) in [5.41, 5.74) is 7.11. The molecule has 0 saturated heterocycles. The fourth-order valence-electron chi connectivity index (χ4n) is 4.48. The number of aromatic nitrogens is 1. The van der Waals surface area contributed by atoms with Crippen LogP contribution in [0.4, 0.5) is 0 Å². The first-order valence-corrected chi connectivity index (χ1v) is 10.2. The highest BCUT2D eigenvalue weighted by Crippen LogP contribution is 2.42. The van der Waals surface area contributed by atoms with Gasteiger partial charge < -0.3 is 0 Å². The second kappa shape index (κ2) is 7.28. The van der Waals surface area contributed by atoms with E-state index in [1.807, 2.05) is 48.7 Å². The minimum atomic E-state index is -0.202.